The summed E-state index contributed by atoms with van der Waals surface area (Å²) >= 11 is 0. The van der Waals surface area contributed by atoms with Gasteiger partial charge in [0.15, 0.2) is 0 Å². The fraction of sp³-hybridized carbons (Fsp3) is 1.00. The molecule has 0 aromatic heterocycles. The van der Waals surface area contributed by atoms with Gasteiger partial charge in [-0.2, -0.15) is 0 Å². The lowest BCUT2D eigenvalue weighted by Gasteiger charge is -2.56. The van der Waals surface area contributed by atoms with E-state index in [2.05, 4.69) is 18.7 Å². The van der Waals surface area contributed by atoms with Gasteiger partial charge < -0.3 is 10.5 Å². The Labute approximate surface area is 99.3 Å². The van der Waals surface area contributed by atoms with Crippen LogP contribution in [0, 0.1) is 5.41 Å². The summed E-state index contributed by atoms with van der Waals surface area (Å²) in [7, 11) is 1.81. The van der Waals surface area contributed by atoms with E-state index in [1.807, 2.05) is 7.11 Å². The summed E-state index contributed by atoms with van der Waals surface area (Å²) in [5.41, 5.74) is 6.71. The molecule has 94 valence electrons. The highest BCUT2D eigenvalue weighted by molar-refractivity contribution is 5.06. The first-order valence-electron chi connectivity index (χ1n) is 6.49. The molecule has 0 aromatic carbocycles. The molecule has 0 spiro atoms. The molecule has 2 aliphatic rings. The van der Waals surface area contributed by atoms with E-state index in [-0.39, 0.29) is 5.54 Å². The molecule has 1 saturated heterocycles. The fourth-order valence-electron chi connectivity index (χ4n) is 3.34. The number of ether oxygens (including phenoxy) is 1. The molecule has 2 rings (SSSR count). The van der Waals surface area contributed by atoms with Gasteiger partial charge in [-0.05, 0) is 37.6 Å². The molecule has 0 radical (unpaired) electrons. The summed E-state index contributed by atoms with van der Waals surface area (Å²) in [6.45, 7) is 7.94. The highest BCUT2D eigenvalue weighted by atomic mass is 16.5. The van der Waals surface area contributed by atoms with E-state index < -0.39 is 0 Å². The Morgan fingerprint density at radius 3 is 2.56 bits per heavy atom. The van der Waals surface area contributed by atoms with E-state index >= 15 is 0 Å². The summed E-state index contributed by atoms with van der Waals surface area (Å²) in [6.07, 6.45) is 5.34. The van der Waals surface area contributed by atoms with Crippen LogP contribution in [0.25, 0.3) is 0 Å². The zero-order valence-corrected chi connectivity index (χ0v) is 11.0. The lowest BCUT2D eigenvalue weighted by atomic mass is 9.70. The average Bonchev–Trinajstić information content (AvgIpc) is 2.16. The number of likely N-dealkylation sites (tertiary alicyclic amines) is 1. The first kappa shape index (κ1) is 12.3. The molecule has 1 saturated carbocycles. The number of hydrogen-bond donors (Lipinski definition) is 1. The first-order chi connectivity index (χ1) is 7.51. The Bertz CT molecular complexity index is 246. The zero-order valence-electron chi connectivity index (χ0n) is 11.0. The maximum atomic E-state index is 6.01. The number of methoxy groups -OCH3 is 1. The van der Waals surface area contributed by atoms with Crippen LogP contribution in [0.3, 0.4) is 0 Å². The Morgan fingerprint density at radius 2 is 2.06 bits per heavy atom. The van der Waals surface area contributed by atoms with Crippen LogP contribution in [0.1, 0.15) is 39.5 Å². The van der Waals surface area contributed by atoms with Crippen LogP contribution < -0.4 is 5.73 Å². The molecular weight excluding hydrogens is 200 g/mol. The van der Waals surface area contributed by atoms with Crippen molar-refractivity contribution in [3.8, 4) is 0 Å². The average molecular weight is 226 g/mol. The second-order valence-corrected chi connectivity index (χ2v) is 6.38. The van der Waals surface area contributed by atoms with Crippen molar-refractivity contribution in [3.63, 3.8) is 0 Å². The standard InChI is InChI=1S/C13H26N2O/c1-12(2)5-4-6-15(10-12)13(9-14)7-11(8-13)16-3/h11H,4-10,14H2,1-3H3. The van der Waals surface area contributed by atoms with Gasteiger partial charge in [0.2, 0.25) is 0 Å². The third-order valence-electron chi connectivity index (χ3n) is 4.50. The van der Waals surface area contributed by atoms with Gasteiger partial charge >= 0.3 is 0 Å². The molecule has 0 amide bonds. The molecule has 16 heavy (non-hydrogen) atoms. The summed E-state index contributed by atoms with van der Waals surface area (Å²) < 4.78 is 5.40. The van der Waals surface area contributed by atoms with Gasteiger partial charge in [0.25, 0.3) is 0 Å². The van der Waals surface area contributed by atoms with Crippen molar-refractivity contribution in [2.75, 3.05) is 26.7 Å². The zero-order chi connectivity index (χ0) is 11.8. The van der Waals surface area contributed by atoms with Crippen molar-refractivity contribution in [2.45, 2.75) is 51.2 Å². The van der Waals surface area contributed by atoms with Crippen molar-refractivity contribution < 1.29 is 4.74 Å². The predicted molar refractivity (Wildman–Crippen MR) is 66.4 cm³/mol. The number of rotatable bonds is 3. The molecule has 1 heterocycles. The summed E-state index contributed by atoms with van der Waals surface area (Å²) in [5, 5.41) is 0. The van der Waals surface area contributed by atoms with Gasteiger partial charge in [-0.3, -0.25) is 4.90 Å². The predicted octanol–water partition coefficient (Wildman–Crippen LogP) is 1.61. The van der Waals surface area contributed by atoms with Crippen molar-refractivity contribution in [1.29, 1.82) is 0 Å². The minimum absolute atomic E-state index is 0.248. The molecule has 0 aromatic rings. The van der Waals surface area contributed by atoms with E-state index in [0.29, 0.717) is 11.5 Å². The summed E-state index contributed by atoms with van der Waals surface area (Å²) in [5.74, 6) is 0. The Morgan fingerprint density at radius 1 is 1.38 bits per heavy atom. The second-order valence-electron chi connectivity index (χ2n) is 6.38. The van der Waals surface area contributed by atoms with Gasteiger partial charge in [-0.15, -0.1) is 0 Å². The molecule has 0 unspecified atom stereocenters. The molecule has 2 N–H and O–H groups in total. The molecule has 1 aliphatic heterocycles. The summed E-state index contributed by atoms with van der Waals surface area (Å²) in [6, 6.07) is 0. The highest BCUT2D eigenvalue weighted by Gasteiger charge is 2.49. The van der Waals surface area contributed by atoms with Gasteiger partial charge in [0.05, 0.1) is 6.10 Å². The van der Waals surface area contributed by atoms with Crippen molar-refractivity contribution in [2.24, 2.45) is 11.1 Å². The van der Waals surface area contributed by atoms with Crippen LogP contribution in [0.15, 0.2) is 0 Å². The van der Waals surface area contributed by atoms with Crippen LogP contribution >= 0.6 is 0 Å². The molecule has 1 aliphatic carbocycles. The molecule has 2 fully saturated rings. The van der Waals surface area contributed by atoms with Crippen molar-refractivity contribution >= 4 is 0 Å². The Balaban J connectivity index is 2.00. The van der Waals surface area contributed by atoms with E-state index in [1.54, 1.807) is 0 Å². The van der Waals surface area contributed by atoms with Crippen LogP contribution in [0.4, 0.5) is 0 Å². The van der Waals surface area contributed by atoms with Gasteiger partial charge in [-0.1, -0.05) is 13.8 Å². The van der Waals surface area contributed by atoms with Crippen LogP contribution in [0.2, 0.25) is 0 Å². The number of hydrogen-bond acceptors (Lipinski definition) is 3. The second kappa shape index (κ2) is 4.28. The SMILES string of the molecule is COC1CC(CN)(N2CCCC(C)(C)C2)C1. The molecular formula is C13H26N2O. The van der Waals surface area contributed by atoms with Crippen LogP contribution in [-0.4, -0.2) is 43.3 Å². The molecule has 3 heteroatoms. The summed E-state index contributed by atoms with van der Waals surface area (Å²) in [4.78, 5) is 2.63. The number of nitrogens with zero attached hydrogens (tertiary/aromatic N) is 1. The van der Waals surface area contributed by atoms with Gasteiger partial charge in [-0.25, -0.2) is 0 Å². The molecule has 0 bridgehead atoms. The normalized spacial score (nSPS) is 39.4. The topological polar surface area (TPSA) is 38.5 Å². The van der Waals surface area contributed by atoms with Crippen molar-refractivity contribution in [1.82, 2.24) is 4.90 Å². The third kappa shape index (κ3) is 2.13. The Hall–Kier alpha value is -0.120. The van der Waals surface area contributed by atoms with Crippen LogP contribution in [0.5, 0.6) is 0 Å². The van der Waals surface area contributed by atoms with Crippen LogP contribution in [-0.2, 0) is 4.74 Å². The smallest absolute Gasteiger partial charge is 0.0607 e. The fourth-order valence-corrected chi connectivity index (χ4v) is 3.34. The first-order valence-corrected chi connectivity index (χ1v) is 6.49. The Kier molecular flexibility index (Phi) is 3.30. The largest absolute Gasteiger partial charge is 0.381 e. The highest BCUT2D eigenvalue weighted by Crippen LogP contribution is 2.42. The van der Waals surface area contributed by atoms with E-state index in [0.717, 1.165) is 19.4 Å². The minimum atomic E-state index is 0.248. The van der Waals surface area contributed by atoms with Crippen molar-refractivity contribution in [3.05, 3.63) is 0 Å². The van der Waals surface area contributed by atoms with Gasteiger partial charge in [0.1, 0.15) is 0 Å². The maximum absolute atomic E-state index is 6.01. The number of nitrogens with two attached hydrogens (primary N) is 1. The maximum Gasteiger partial charge on any atom is 0.0607 e. The molecule has 0 atom stereocenters. The quantitative estimate of drug-likeness (QED) is 0.794. The number of piperidine rings is 1. The van der Waals surface area contributed by atoms with E-state index in [9.17, 15) is 0 Å². The lowest BCUT2D eigenvalue weighted by molar-refractivity contribution is -0.106. The lowest BCUT2D eigenvalue weighted by Crippen LogP contribution is -2.66. The van der Waals surface area contributed by atoms with Gasteiger partial charge in [0, 0.05) is 25.7 Å². The third-order valence-corrected chi connectivity index (χ3v) is 4.50. The van der Waals surface area contributed by atoms with E-state index in [4.69, 9.17) is 10.5 Å². The van der Waals surface area contributed by atoms with E-state index in [1.165, 1.54) is 25.9 Å². The minimum Gasteiger partial charge on any atom is -0.381 e. The molecule has 3 nitrogen and oxygen atoms in total. The monoisotopic (exact) mass is 226 g/mol.